The van der Waals surface area contributed by atoms with Crippen molar-refractivity contribution in [1.82, 2.24) is 20.2 Å². The van der Waals surface area contributed by atoms with Crippen LogP contribution in [0.5, 0.6) is 0 Å². The number of amides is 1. The fraction of sp³-hybridized carbons (Fsp3) is 0.588. The van der Waals surface area contributed by atoms with E-state index < -0.39 is 0 Å². The molecule has 2 aliphatic rings. The summed E-state index contributed by atoms with van der Waals surface area (Å²) < 4.78 is 1.59. The smallest absolute Gasteiger partial charge is 0.262 e. The second-order valence-corrected chi connectivity index (χ2v) is 7.73. The molecule has 0 bridgehead atoms. The number of carbonyl (C=O) groups is 1. The van der Waals surface area contributed by atoms with Crippen molar-refractivity contribution in [3.63, 3.8) is 0 Å². The number of nitrogens with one attached hydrogen (secondary N) is 2. The highest BCUT2D eigenvalue weighted by Gasteiger charge is 2.20. The number of nitrogens with zero attached hydrogens (tertiary/aromatic N) is 2. The van der Waals surface area contributed by atoms with E-state index in [2.05, 4.69) is 15.6 Å². The number of rotatable bonds is 4. The van der Waals surface area contributed by atoms with Crippen molar-refractivity contribution in [2.24, 2.45) is 0 Å². The fourth-order valence-electron chi connectivity index (χ4n) is 3.64. The van der Waals surface area contributed by atoms with Gasteiger partial charge in [0.15, 0.2) is 0 Å². The van der Waals surface area contributed by atoms with Crippen LogP contribution in [0.1, 0.15) is 36.1 Å². The summed E-state index contributed by atoms with van der Waals surface area (Å²) in [7, 11) is 0. The minimum Gasteiger partial charge on any atom is -0.352 e. The zero-order valence-electron chi connectivity index (χ0n) is 13.6. The lowest BCUT2D eigenvalue weighted by Gasteiger charge is -2.12. The van der Waals surface area contributed by atoms with Gasteiger partial charge in [0, 0.05) is 30.4 Å². The predicted molar refractivity (Wildman–Crippen MR) is 94.6 cm³/mol. The van der Waals surface area contributed by atoms with E-state index in [-0.39, 0.29) is 17.5 Å². The van der Waals surface area contributed by atoms with Crippen LogP contribution in [0.15, 0.2) is 11.1 Å². The second-order valence-electron chi connectivity index (χ2n) is 6.64. The Morgan fingerprint density at radius 3 is 3.12 bits per heavy atom. The van der Waals surface area contributed by atoms with Gasteiger partial charge in [0.1, 0.15) is 4.83 Å². The Morgan fingerprint density at radius 1 is 1.42 bits per heavy atom. The van der Waals surface area contributed by atoms with Crippen molar-refractivity contribution < 1.29 is 4.79 Å². The molecule has 1 aliphatic heterocycles. The van der Waals surface area contributed by atoms with Gasteiger partial charge < -0.3 is 10.6 Å². The molecule has 1 fully saturated rings. The molecular formula is C17H22N4O2S. The number of aromatic nitrogens is 2. The van der Waals surface area contributed by atoms with Gasteiger partial charge in [-0.05, 0) is 44.2 Å². The van der Waals surface area contributed by atoms with E-state index in [0.29, 0.717) is 13.0 Å². The Labute approximate surface area is 144 Å². The van der Waals surface area contributed by atoms with E-state index in [4.69, 9.17) is 0 Å². The lowest BCUT2D eigenvalue weighted by atomic mass is 9.97. The van der Waals surface area contributed by atoms with Crippen molar-refractivity contribution in [3.05, 3.63) is 27.1 Å². The minimum atomic E-state index is 0.00282. The maximum absolute atomic E-state index is 12.8. The molecule has 0 saturated carbocycles. The Hall–Kier alpha value is -1.73. The molecule has 2 N–H and O–H groups in total. The van der Waals surface area contributed by atoms with Gasteiger partial charge in [-0.25, -0.2) is 4.98 Å². The summed E-state index contributed by atoms with van der Waals surface area (Å²) >= 11 is 1.66. The maximum atomic E-state index is 12.8. The molecule has 0 radical (unpaired) electrons. The van der Waals surface area contributed by atoms with Crippen molar-refractivity contribution >= 4 is 27.5 Å². The van der Waals surface area contributed by atoms with Crippen LogP contribution in [0.4, 0.5) is 0 Å². The van der Waals surface area contributed by atoms with Crippen LogP contribution in [0.2, 0.25) is 0 Å². The zero-order valence-corrected chi connectivity index (χ0v) is 14.5. The Kier molecular flexibility index (Phi) is 4.37. The summed E-state index contributed by atoms with van der Waals surface area (Å²) in [6.07, 6.45) is 7.27. The third kappa shape index (κ3) is 2.98. The van der Waals surface area contributed by atoms with Gasteiger partial charge in [-0.3, -0.25) is 14.2 Å². The molecule has 128 valence electrons. The van der Waals surface area contributed by atoms with Gasteiger partial charge in [-0.1, -0.05) is 0 Å². The first kappa shape index (κ1) is 15.8. The summed E-state index contributed by atoms with van der Waals surface area (Å²) in [6.45, 7) is 2.17. The van der Waals surface area contributed by atoms with Gasteiger partial charge in [0.25, 0.3) is 5.56 Å². The van der Waals surface area contributed by atoms with Crippen molar-refractivity contribution in [2.45, 2.75) is 51.1 Å². The summed E-state index contributed by atoms with van der Waals surface area (Å²) in [4.78, 5) is 31.5. The lowest BCUT2D eigenvalue weighted by molar-refractivity contribution is -0.121. The Morgan fingerprint density at radius 2 is 2.29 bits per heavy atom. The number of thiophene rings is 1. The van der Waals surface area contributed by atoms with Gasteiger partial charge in [-0.15, -0.1) is 11.3 Å². The summed E-state index contributed by atoms with van der Waals surface area (Å²) in [6, 6.07) is 0.221. The highest BCUT2D eigenvalue weighted by Crippen LogP contribution is 2.33. The summed E-state index contributed by atoms with van der Waals surface area (Å²) in [5, 5.41) is 7.03. The van der Waals surface area contributed by atoms with Crippen LogP contribution in [0.3, 0.4) is 0 Å². The monoisotopic (exact) mass is 346 g/mol. The molecule has 1 amide bonds. The van der Waals surface area contributed by atoms with Gasteiger partial charge in [0.2, 0.25) is 5.91 Å². The maximum Gasteiger partial charge on any atom is 0.262 e. The molecule has 2 aromatic rings. The zero-order chi connectivity index (χ0) is 16.5. The molecular weight excluding hydrogens is 324 g/mol. The molecule has 0 aromatic carbocycles. The van der Waals surface area contributed by atoms with E-state index >= 15 is 0 Å². The largest absolute Gasteiger partial charge is 0.352 e. The number of aryl methyl sites for hydroxylation is 3. The average molecular weight is 346 g/mol. The first-order valence-corrected chi connectivity index (χ1v) is 9.54. The molecule has 1 saturated heterocycles. The molecule has 7 heteroatoms. The van der Waals surface area contributed by atoms with E-state index in [1.165, 1.54) is 16.9 Å². The van der Waals surface area contributed by atoms with E-state index in [1.807, 2.05) is 0 Å². The third-order valence-corrected chi connectivity index (χ3v) is 6.15. The number of carbonyl (C=O) groups excluding carboxylic acids is 1. The van der Waals surface area contributed by atoms with Crippen molar-refractivity contribution in [2.75, 3.05) is 13.1 Å². The molecule has 0 spiro atoms. The van der Waals surface area contributed by atoms with E-state index in [9.17, 15) is 9.59 Å². The first-order valence-electron chi connectivity index (χ1n) is 8.72. The topological polar surface area (TPSA) is 76.0 Å². The lowest BCUT2D eigenvalue weighted by Crippen LogP contribution is -2.37. The quantitative estimate of drug-likeness (QED) is 0.872. The van der Waals surface area contributed by atoms with Crippen LogP contribution in [-0.4, -0.2) is 34.6 Å². The highest BCUT2D eigenvalue weighted by molar-refractivity contribution is 7.18. The van der Waals surface area contributed by atoms with Gasteiger partial charge in [0.05, 0.1) is 11.7 Å². The van der Waals surface area contributed by atoms with E-state index in [0.717, 1.165) is 49.0 Å². The Balaban J connectivity index is 1.51. The predicted octanol–water partition coefficient (Wildman–Crippen LogP) is 1.20. The van der Waals surface area contributed by atoms with E-state index in [1.54, 1.807) is 22.2 Å². The summed E-state index contributed by atoms with van der Waals surface area (Å²) in [5.74, 6) is 0.00282. The Bertz CT molecular complexity index is 820. The van der Waals surface area contributed by atoms with Crippen LogP contribution < -0.4 is 16.2 Å². The molecule has 2 aromatic heterocycles. The average Bonchev–Trinajstić information content (AvgIpc) is 3.21. The third-order valence-electron chi connectivity index (χ3n) is 4.95. The van der Waals surface area contributed by atoms with Crippen LogP contribution >= 0.6 is 11.3 Å². The van der Waals surface area contributed by atoms with Crippen LogP contribution in [0, 0.1) is 0 Å². The molecule has 3 heterocycles. The number of hydrogen-bond acceptors (Lipinski definition) is 5. The number of fused-ring (bicyclic) bond motifs is 3. The fourth-order valence-corrected chi connectivity index (χ4v) is 4.86. The van der Waals surface area contributed by atoms with Crippen LogP contribution in [-0.2, 0) is 24.2 Å². The highest BCUT2D eigenvalue weighted by atomic mass is 32.1. The SMILES string of the molecule is O=C(CCn1cnc2sc3c(c2c1=O)CCCC3)NC1CCNC1. The van der Waals surface area contributed by atoms with Crippen LogP contribution in [0.25, 0.3) is 10.2 Å². The first-order chi connectivity index (χ1) is 11.7. The number of hydrogen-bond donors (Lipinski definition) is 2. The second kappa shape index (κ2) is 6.64. The normalized spacial score (nSPS) is 20.2. The van der Waals surface area contributed by atoms with Gasteiger partial charge >= 0.3 is 0 Å². The van der Waals surface area contributed by atoms with Gasteiger partial charge in [-0.2, -0.15) is 0 Å². The molecule has 1 atom stereocenters. The standard InChI is InChI=1S/C17H22N4O2S/c22-14(20-11-5-7-18-9-11)6-8-21-10-19-16-15(17(21)23)12-3-1-2-4-13(12)24-16/h10-11,18H,1-9H2,(H,20,22). The van der Waals surface area contributed by atoms with Crippen molar-refractivity contribution in [3.8, 4) is 0 Å². The molecule has 24 heavy (non-hydrogen) atoms. The minimum absolute atomic E-state index is 0.00282. The molecule has 4 rings (SSSR count). The summed E-state index contributed by atoms with van der Waals surface area (Å²) in [5.41, 5.74) is 1.21. The van der Waals surface area contributed by atoms with Crippen molar-refractivity contribution in [1.29, 1.82) is 0 Å². The molecule has 1 aliphatic carbocycles. The molecule has 1 unspecified atom stereocenters. The molecule has 6 nitrogen and oxygen atoms in total.